The van der Waals surface area contributed by atoms with Crippen molar-refractivity contribution in [2.75, 3.05) is 13.1 Å². The molecule has 30 heavy (non-hydrogen) atoms. The molecule has 0 N–H and O–H groups in total. The molecule has 160 valence electrons. The summed E-state index contributed by atoms with van der Waals surface area (Å²) in [5.41, 5.74) is 0.316. The van der Waals surface area contributed by atoms with E-state index < -0.39 is 11.2 Å². The second-order valence-electron chi connectivity index (χ2n) is 8.72. The molecule has 3 aromatic rings. The average Bonchev–Trinajstić information content (AvgIpc) is 3.04. The van der Waals surface area contributed by atoms with Crippen molar-refractivity contribution in [3.05, 3.63) is 62.3 Å². The lowest BCUT2D eigenvalue weighted by Crippen LogP contribution is -2.39. The maximum atomic E-state index is 14.4. The Morgan fingerprint density at radius 2 is 1.70 bits per heavy atom. The molecule has 1 aromatic carbocycles. The zero-order valence-electron chi connectivity index (χ0n) is 17.9. The molecule has 8 heteroatoms. The lowest BCUT2D eigenvalue weighted by molar-refractivity contribution is 0.130. The molecule has 0 spiro atoms. The quantitative estimate of drug-likeness (QED) is 0.657. The molecule has 3 heterocycles. The third-order valence-corrected chi connectivity index (χ3v) is 6.02. The summed E-state index contributed by atoms with van der Waals surface area (Å²) in [4.78, 5) is 32.4. The summed E-state index contributed by atoms with van der Waals surface area (Å²) in [6.45, 7) is 7.11. The lowest BCUT2D eigenvalue weighted by Gasteiger charge is -2.34. The number of hydrogen-bond donors (Lipinski definition) is 0. The minimum atomic E-state index is -0.421. The summed E-state index contributed by atoms with van der Waals surface area (Å²) in [6.07, 6.45) is 1.19. The van der Waals surface area contributed by atoms with Gasteiger partial charge in [0.1, 0.15) is 11.6 Å². The van der Waals surface area contributed by atoms with E-state index in [1.807, 2.05) is 0 Å². The molecule has 0 radical (unpaired) electrons. The number of aryl methyl sites for hydroxylation is 1. The van der Waals surface area contributed by atoms with Gasteiger partial charge in [-0.1, -0.05) is 32.0 Å². The van der Waals surface area contributed by atoms with Crippen LogP contribution in [-0.2, 0) is 27.2 Å². The number of rotatable bonds is 4. The first-order chi connectivity index (χ1) is 14.3. The molecule has 0 saturated carbocycles. The van der Waals surface area contributed by atoms with Crippen LogP contribution < -0.4 is 11.2 Å². The van der Waals surface area contributed by atoms with Crippen LogP contribution in [0, 0.1) is 17.7 Å². The predicted octanol–water partition coefficient (Wildman–Crippen LogP) is 2.10. The fraction of sp³-hybridized carbons (Fsp3) is 0.500. The number of benzene rings is 1. The Kier molecular flexibility index (Phi) is 5.36. The smallest absolute Gasteiger partial charge is 0.316 e. The van der Waals surface area contributed by atoms with E-state index in [1.54, 1.807) is 29.8 Å². The molecule has 1 aliphatic rings. The maximum Gasteiger partial charge on any atom is 0.332 e. The van der Waals surface area contributed by atoms with Gasteiger partial charge in [-0.25, -0.2) is 14.2 Å². The van der Waals surface area contributed by atoms with E-state index >= 15 is 0 Å². The van der Waals surface area contributed by atoms with Crippen molar-refractivity contribution in [3.63, 3.8) is 0 Å². The normalized spacial score (nSPS) is 20.2. The molecule has 1 fully saturated rings. The highest BCUT2D eigenvalue weighted by Crippen LogP contribution is 2.24. The van der Waals surface area contributed by atoms with Crippen LogP contribution in [0.3, 0.4) is 0 Å². The molecule has 1 aliphatic heterocycles. The van der Waals surface area contributed by atoms with Crippen LogP contribution in [0.5, 0.6) is 0 Å². The molecule has 0 amide bonds. The van der Waals surface area contributed by atoms with E-state index in [0.717, 1.165) is 17.7 Å². The zero-order chi connectivity index (χ0) is 21.6. The fourth-order valence-corrected chi connectivity index (χ4v) is 4.70. The van der Waals surface area contributed by atoms with E-state index in [2.05, 4.69) is 18.7 Å². The Morgan fingerprint density at radius 3 is 2.37 bits per heavy atom. The number of imidazole rings is 1. The van der Waals surface area contributed by atoms with Gasteiger partial charge in [0.2, 0.25) is 0 Å². The van der Waals surface area contributed by atoms with Crippen LogP contribution in [-0.4, -0.2) is 36.7 Å². The van der Waals surface area contributed by atoms with Crippen LogP contribution in [0.25, 0.3) is 11.2 Å². The third kappa shape index (κ3) is 3.60. The minimum absolute atomic E-state index is 0.185. The van der Waals surface area contributed by atoms with E-state index in [1.165, 1.54) is 24.1 Å². The van der Waals surface area contributed by atoms with E-state index in [4.69, 9.17) is 4.98 Å². The molecule has 4 rings (SSSR count). The van der Waals surface area contributed by atoms with Crippen LogP contribution in [0.2, 0.25) is 0 Å². The second-order valence-corrected chi connectivity index (χ2v) is 8.72. The summed E-state index contributed by atoms with van der Waals surface area (Å²) >= 11 is 0. The van der Waals surface area contributed by atoms with Crippen molar-refractivity contribution in [1.29, 1.82) is 0 Å². The highest BCUT2D eigenvalue weighted by Gasteiger charge is 2.25. The molecule has 7 nitrogen and oxygen atoms in total. The Balaban J connectivity index is 1.87. The fourth-order valence-electron chi connectivity index (χ4n) is 4.70. The van der Waals surface area contributed by atoms with Crippen LogP contribution in [0.1, 0.15) is 31.7 Å². The average molecular weight is 413 g/mol. The Labute approximate surface area is 174 Å². The van der Waals surface area contributed by atoms with Crippen molar-refractivity contribution >= 4 is 11.2 Å². The summed E-state index contributed by atoms with van der Waals surface area (Å²) in [5.74, 6) is 1.51. The molecule has 2 atom stereocenters. The number of fused-ring (bicyclic) bond motifs is 1. The first-order valence-electron chi connectivity index (χ1n) is 10.4. The molecular formula is C22H28FN5O2. The van der Waals surface area contributed by atoms with Gasteiger partial charge in [-0.15, -0.1) is 0 Å². The summed E-state index contributed by atoms with van der Waals surface area (Å²) in [7, 11) is 3.07. The maximum absolute atomic E-state index is 14.4. The van der Waals surface area contributed by atoms with E-state index in [0.29, 0.717) is 40.9 Å². The Hall–Kier alpha value is -2.74. The van der Waals surface area contributed by atoms with Gasteiger partial charge in [0.25, 0.3) is 5.56 Å². The Morgan fingerprint density at radius 1 is 1.03 bits per heavy atom. The SMILES string of the molecule is CC1CC(C)CN(Cc2nc3c(c(=O)n(C)c(=O)n3C)n2Cc2ccccc2F)C1. The molecule has 0 bridgehead atoms. The standard InChI is InChI=1S/C22H28FN5O2/c1-14-9-15(2)11-27(10-14)13-18-24-20-19(21(29)26(4)22(30)25(20)3)28(18)12-16-7-5-6-8-17(16)23/h5-8,14-15H,9-13H2,1-4H3. The minimum Gasteiger partial charge on any atom is -0.316 e. The highest BCUT2D eigenvalue weighted by atomic mass is 19.1. The van der Waals surface area contributed by atoms with Crippen LogP contribution >= 0.6 is 0 Å². The van der Waals surface area contributed by atoms with Gasteiger partial charge in [-0.2, -0.15) is 0 Å². The van der Waals surface area contributed by atoms with Gasteiger partial charge < -0.3 is 4.57 Å². The number of aromatic nitrogens is 4. The Bertz CT molecular complexity index is 1200. The monoisotopic (exact) mass is 413 g/mol. The third-order valence-electron chi connectivity index (χ3n) is 6.02. The van der Waals surface area contributed by atoms with Crippen molar-refractivity contribution in [3.8, 4) is 0 Å². The van der Waals surface area contributed by atoms with Gasteiger partial charge in [-0.05, 0) is 24.3 Å². The van der Waals surface area contributed by atoms with E-state index in [9.17, 15) is 14.0 Å². The second kappa shape index (κ2) is 7.83. The van der Waals surface area contributed by atoms with E-state index in [-0.39, 0.29) is 12.4 Å². The van der Waals surface area contributed by atoms with Crippen molar-refractivity contribution in [2.24, 2.45) is 25.9 Å². The van der Waals surface area contributed by atoms with Crippen LogP contribution in [0.15, 0.2) is 33.9 Å². The first-order valence-corrected chi connectivity index (χ1v) is 10.4. The van der Waals surface area contributed by atoms with Crippen LogP contribution in [0.4, 0.5) is 4.39 Å². The summed E-state index contributed by atoms with van der Waals surface area (Å²) < 4.78 is 18.7. The molecular weight excluding hydrogens is 385 g/mol. The first kappa shape index (κ1) is 20.5. The van der Waals surface area contributed by atoms with Gasteiger partial charge in [0.05, 0.1) is 13.1 Å². The molecule has 1 saturated heterocycles. The number of likely N-dealkylation sites (tertiary alicyclic amines) is 1. The predicted molar refractivity (Wildman–Crippen MR) is 114 cm³/mol. The number of nitrogens with zero attached hydrogens (tertiary/aromatic N) is 5. The number of piperidine rings is 1. The van der Waals surface area contributed by atoms with Gasteiger partial charge in [-0.3, -0.25) is 18.8 Å². The van der Waals surface area contributed by atoms with Gasteiger partial charge in [0, 0.05) is 32.7 Å². The lowest BCUT2D eigenvalue weighted by atomic mass is 9.92. The molecule has 2 aromatic heterocycles. The summed E-state index contributed by atoms with van der Waals surface area (Å²) in [5, 5.41) is 0. The highest BCUT2D eigenvalue weighted by molar-refractivity contribution is 5.71. The molecule has 0 aliphatic carbocycles. The summed E-state index contributed by atoms with van der Waals surface area (Å²) in [6, 6.07) is 6.54. The number of hydrogen-bond acceptors (Lipinski definition) is 4. The van der Waals surface area contributed by atoms with Crippen molar-refractivity contribution in [1.82, 2.24) is 23.6 Å². The van der Waals surface area contributed by atoms with Gasteiger partial charge in [0.15, 0.2) is 11.2 Å². The van der Waals surface area contributed by atoms with Crippen molar-refractivity contribution < 1.29 is 4.39 Å². The largest absolute Gasteiger partial charge is 0.332 e. The van der Waals surface area contributed by atoms with Gasteiger partial charge >= 0.3 is 5.69 Å². The van der Waals surface area contributed by atoms with Crippen molar-refractivity contribution in [2.45, 2.75) is 33.4 Å². The number of halogens is 1. The zero-order valence-corrected chi connectivity index (χ0v) is 17.9. The topological polar surface area (TPSA) is 65.1 Å². The molecule has 2 unspecified atom stereocenters.